The Bertz CT molecular complexity index is 1120. The monoisotopic (exact) mass is 442 g/mol. The quantitative estimate of drug-likeness (QED) is 0.402. The van der Waals surface area contributed by atoms with Crippen molar-refractivity contribution in [2.75, 3.05) is 11.9 Å². The van der Waals surface area contributed by atoms with Crippen LogP contribution in [0.1, 0.15) is 31.2 Å². The van der Waals surface area contributed by atoms with Gasteiger partial charge in [0.1, 0.15) is 5.84 Å². The van der Waals surface area contributed by atoms with Crippen LogP contribution in [0.15, 0.2) is 64.5 Å². The molecule has 31 heavy (non-hydrogen) atoms. The van der Waals surface area contributed by atoms with Gasteiger partial charge in [0, 0.05) is 36.9 Å². The molecule has 2 N–H and O–H groups in total. The Labute approximate surface area is 180 Å². The smallest absolute Gasteiger partial charge is 0.270 e. The molecule has 0 fully saturated rings. The first-order chi connectivity index (χ1) is 14.8. The van der Waals surface area contributed by atoms with Crippen LogP contribution >= 0.6 is 0 Å². The molecule has 0 aromatic heterocycles. The predicted molar refractivity (Wildman–Crippen MR) is 118 cm³/mol. The summed E-state index contributed by atoms with van der Waals surface area (Å²) in [5, 5.41) is 13.4. The van der Waals surface area contributed by atoms with Crippen molar-refractivity contribution in [3.8, 4) is 0 Å². The lowest BCUT2D eigenvalue weighted by molar-refractivity contribution is -0.384. The van der Waals surface area contributed by atoms with Crippen LogP contribution in [0.4, 0.5) is 11.4 Å². The molecule has 2 aromatic carbocycles. The van der Waals surface area contributed by atoms with Gasteiger partial charge in [-0.05, 0) is 48.7 Å². The predicted octanol–water partition coefficient (Wildman–Crippen LogP) is 3.50. The summed E-state index contributed by atoms with van der Waals surface area (Å²) in [6.07, 6.45) is 6.18. The number of hydrogen-bond acceptors (Lipinski definition) is 6. The number of amides is 1. The molecule has 0 spiro atoms. The number of carbonyl (C=O) groups excluding carboxylic acids is 1. The Kier molecular flexibility index (Phi) is 7.14. The van der Waals surface area contributed by atoms with Gasteiger partial charge in [0.15, 0.2) is 0 Å². The molecule has 1 amide bonds. The van der Waals surface area contributed by atoms with Gasteiger partial charge in [-0.2, -0.15) is 0 Å². The number of anilines is 1. The van der Waals surface area contributed by atoms with Crippen LogP contribution in [0.5, 0.6) is 0 Å². The largest absolute Gasteiger partial charge is 0.323 e. The van der Waals surface area contributed by atoms with Gasteiger partial charge in [-0.3, -0.25) is 24.6 Å². The Morgan fingerprint density at radius 2 is 1.87 bits per heavy atom. The van der Waals surface area contributed by atoms with Crippen LogP contribution < -0.4 is 10.0 Å². The molecule has 2 aromatic rings. The van der Waals surface area contributed by atoms with E-state index in [1.807, 2.05) is 0 Å². The van der Waals surface area contributed by atoms with Crippen molar-refractivity contribution in [1.29, 1.82) is 0 Å². The number of rotatable bonds is 6. The third kappa shape index (κ3) is 6.48. The highest BCUT2D eigenvalue weighted by atomic mass is 32.2. The Balaban J connectivity index is 1.62. The molecule has 1 aliphatic rings. The second-order valence-electron chi connectivity index (χ2n) is 6.94. The van der Waals surface area contributed by atoms with E-state index >= 15 is 0 Å². The van der Waals surface area contributed by atoms with E-state index in [9.17, 15) is 23.3 Å². The van der Waals surface area contributed by atoms with Crippen LogP contribution in [0.25, 0.3) is 6.08 Å². The fraction of sp³-hybridized carbons (Fsp3) is 0.238. The highest BCUT2D eigenvalue weighted by Gasteiger charge is 2.17. The van der Waals surface area contributed by atoms with Crippen LogP contribution in [0.3, 0.4) is 0 Å². The second-order valence-corrected chi connectivity index (χ2v) is 8.63. The first kappa shape index (κ1) is 22.2. The lowest BCUT2D eigenvalue weighted by Gasteiger charge is -2.10. The van der Waals surface area contributed by atoms with E-state index in [2.05, 4.69) is 15.0 Å². The third-order valence-corrected chi connectivity index (χ3v) is 5.96. The minimum atomic E-state index is -3.74. The van der Waals surface area contributed by atoms with Gasteiger partial charge in [-0.1, -0.05) is 18.6 Å². The zero-order valence-electron chi connectivity index (χ0n) is 16.7. The summed E-state index contributed by atoms with van der Waals surface area (Å²) in [6, 6.07) is 11.7. The van der Waals surface area contributed by atoms with E-state index in [-0.39, 0.29) is 10.6 Å². The molecule has 0 saturated heterocycles. The molecule has 162 valence electrons. The van der Waals surface area contributed by atoms with E-state index in [1.54, 1.807) is 6.07 Å². The molecule has 0 unspecified atom stereocenters. The van der Waals surface area contributed by atoms with Gasteiger partial charge in [-0.15, -0.1) is 0 Å². The number of non-ortho nitro benzene ring substituents is 1. The number of nitro benzene ring substituents is 1. The maximum absolute atomic E-state index is 12.5. The molecule has 1 heterocycles. The highest BCUT2D eigenvalue weighted by molar-refractivity contribution is 7.90. The number of benzene rings is 2. The average Bonchev–Trinajstić information content (AvgIpc) is 3.01. The number of nitrogens with zero attached hydrogens (tertiary/aromatic N) is 2. The minimum absolute atomic E-state index is 0.0669. The van der Waals surface area contributed by atoms with E-state index in [4.69, 9.17) is 0 Å². The molecule has 0 saturated carbocycles. The highest BCUT2D eigenvalue weighted by Crippen LogP contribution is 2.17. The molecular weight excluding hydrogens is 420 g/mol. The first-order valence-electron chi connectivity index (χ1n) is 9.73. The van der Waals surface area contributed by atoms with E-state index in [1.165, 1.54) is 54.6 Å². The first-order valence-corrected chi connectivity index (χ1v) is 11.2. The number of sulfonamides is 1. The number of nitro groups is 1. The van der Waals surface area contributed by atoms with Crippen molar-refractivity contribution < 1.29 is 18.1 Å². The van der Waals surface area contributed by atoms with Crippen molar-refractivity contribution in [2.45, 2.75) is 30.6 Å². The normalized spacial score (nSPS) is 14.5. The average molecular weight is 442 g/mol. The van der Waals surface area contributed by atoms with Gasteiger partial charge >= 0.3 is 0 Å². The Morgan fingerprint density at radius 1 is 1.10 bits per heavy atom. The van der Waals surface area contributed by atoms with E-state index < -0.39 is 20.9 Å². The summed E-state index contributed by atoms with van der Waals surface area (Å²) in [6.45, 7) is 0.618. The topological polar surface area (TPSA) is 131 Å². The summed E-state index contributed by atoms with van der Waals surface area (Å²) >= 11 is 0. The molecule has 0 radical (unpaired) electrons. The molecule has 10 heteroatoms. The van der Waals surface area contributed by atoms with Crippen molar-refractivity contribution >= 4 is 39.2 Å². The summed E-state index contributed by atoms with van der Waals surface area (Å²) in [5.41, 5.74) is 0.862. The Hall–Kier alpha value is -3.53. The summed E-state index contributed by atoms with van der Waals surface area (Å²) in [7, 11) is -3.74. The van der Waals surface area contributed by atoms with Gasteiger partial charge < -0.3 is 5.32 Å². The summed E-state index contributed by atoms with van der Waals surface area (Å²) in [4.78, 5) is 26.7. The maximum atomic E-state index is 12.5. The van der Waals surface area contributed by atoms with Gasteiger partial charge in [-0.25, -0.2) is 8.42 Å². The van der Waals surface area contributed by atoms with E-state index in [0.29, 0.717) is 30.1 Å². The Morgan fingerprint density at radius 3 is 2.61 bits per heavy atom. The van der Waals surface area contributed by atoms with Crippen LogP contribution in [-0.2, 0) is 14.8 Å². The SMILES string of the molecule is O=C(/C=C/c1cccc([N+](=O)[O-])c1)Nc1ccc(S(=O)(=O)NC2=NCCCCC2)cc1. The molecule has 1 aliphatic heterocycles. The molecule has 0 atom stereocenters. The summed E-state index contributed by atoms with van der Waals surface area (Å²) in [5.74, 6) is 0.0224. The summed E-state index contributed by atoms with van der Waals surface area (Å²) < 4.78 is 27.6. The van der Waals surface area contributed by atoms with Crippen molar-refractivity contribution in [3.05, 3.63) is 70.3 Å². The van der Waals surface area contributed by atoms with Crippen LogP contribution in [0.2, 0.25) is 0 Å². The van der Waals surface area contributed by atoms with Crippen molar-refractivity contribution in [2.24, 2.45) is 4.99 Å². The van der Waals surface area contributed by atoms with Crippen LogP contribution in [-0.4, -0.2) is 31.6 Å². The van der Waals surface area contributed by atoms with Gasteiger partial charge in [0.2, 0.25) is 5.91 Å². The number of hydrogen-bond donors (Lipinski definition) is 2. The molecule has 9 nitrogen and oxygen atoms in total. The number of amidine groups is 1. The molecule has 3 rings (SSSR count). The second kappa shape index (κ2) is 9.98. The zero-order valence-corrected chi connectivity index (χ0v) is 17.5. The number of aliphatic imine (C=N–C) groups is 1. The zero-order chi connectivity index (χ0) is 22.3. The third-order valence-electron chi connectivity index (χ3n) is 4.57. The number of nitrogens with one attached hydrogen (secondary N) is 2. The number of carbonyl (C=O) groups is 1. The lowest BCUT2D eigenvalue weighted by atomic mass is 10.2. The minimum Gasteiger partial charge on any atom is -0.323 e. The molecule has 0 aliphatic carbocycles. The van der Waals surface area contributed by atoms with Crippen molar-refractivity contribution in [1.82, 2.24) is 4.72 Å². The fourth-order valence-electron chi connectivity index (χ4n) is 2.99. The van der Waals surface area contributed by atoms with Gasteiger partial charge in [0.05, 0.1) is 9.82 Å². The standard InChI is InChI=1S/C21H22N4O5S/c26-21(13-8-16-5-4-6-18(15-16)25(27)28)23-17-9-11-19(12-10-17)31(29,30)24-20-7-2-1-3-14-22-20/h4-6,8-13,15H,1-3,7,14H2,(H,22,24)(H,23,26)/b13-8+. The van der Waals surface area contributed by atoms with Gasteiger partial charge in [0.25, 0.3) is 15.7 Å². The fourth-order valence-corrected chi connectivity index (χ4v) is 4.08. The maximum Gasteiger partial charge on any atom is 0.270 e. The van der Waals surface area contributed by atoms with E-state index in [0.717, 1.165) is 19.3 Å². The van der Waals surface area contributed by atoms with Crippen LogP contribution in [0, 0.1) is 10.1 Å². The molecule has 0 bridgehead atoms. The molecular formula is C21H22N4O5S. The van der Waals surface area contributed by atoms with Crippen molar-refractivity contribution in [3.63, 3.8) is 0 Å². The lowest BCUT2D eigenvalue weighted by Crippen LogP contribution is -2.30.